The molecular formula is C19H22N2O5S. The Kier molecular flexibility index (Phi) is 5.55. The lowest BCUT2D eigenvalue weighted by molar-refractivity contribution is 0.182. The molecule has 1 N–H and O–H groups in total. The van der Waals surface area contributed by atoms with E-state index in [-0.39, 0.29) is 24.0 Å². The van der Waals surface area contributed by atoms with E-state index in [0.717, 1.165) is 0 Å². The highest BCUT2D eigenvalue weighted by Gasteiger charge is 2.40. The van der Waals surface area contributed by atoms with Gasteiger partial charge in [0.2, 0.25) is 0 Å². The minimum atomic E-state index is -3.49. The predicted molar refractivity (Wildman–Crippen MR) is 102 cm³/mol. The number of ether oxygens (including phenoxy) is 2. The van der Waals surface area contributed by atoms with E-state index in [1.54, 1.807) is 30.3 Å². The van der Waals surface area contributed by atoms with E-state index < -0.39 is 15.1 Å². The maximum Gasteiger partial charge on any atom is 0.322 e. The number of nitrogens with one attached hydrogen (secondary N) is 1. The third-order valence-electron chi connectivity index (χ3n) is 4.39. The van der Waals surface area contributed by atoms with Gasteiger partial charge in [-0.15, -0.1) is 0 Å². The van der Waals surface area contributed by atoms with Crippen LogP contribution in [-0.2, 0) is 9.84 Å². The van der Waals surface area contributed by atoms with Gasteiger partial charge in [-0.2, -0.15) is 0 Å². The quantitative estimate of drug-likeness (QED) is 0.820. The maximum atomic E-state index is 12.7. The molecule has 1 aliphatic heterocycles. The molecule has 0 spiro atoms. The van der Waals surface area contributed by atoms with Crippen LogP contribution in [0.3, 0.4) is 0 Å². The topological polar surface area (TPSA) is 84.9 Å². The second-order valence-corrected chi connectivity index (χ2v) is 8.33. The summed E-state index contributed by atoms with van der Waals surface area (Å²) >= 11 is 0. The van der Waals surface area contributed by atoms with Crippen LogP contribution in [0.2, 0.25) is 0 Å². The van der Waals surface area contributed by atoms with Gasteiger partial charge >= 0.3 is 6.03 Å². The number of hydrogen-bond acceptors (Lipinski definition) is 5. The Labute approximate surface area is 158 Å². The number of carbonyl (C=O) groups is 1. The fourth-order valence-corrected chi connectivity index (χ4v) is 4.46. The molecule has 2 amide bonds. The maximum absolute atomic E-state index is 12.7. The zero-order valence-electron chi connectivity index (χ0n) is 15.2. The van der Waals surface area contributed by atoms with E-state index in [1.807, 2.05) is 13.0 Å². The van der Waals surface area contributed by atoms with Crippen molar-refractivity contribution in [1.82, 2.24) is 4.90 Å². The molecule has 0 aliphatic carbocycles. The molecule has 2 aromatic carbocycles. The monoisotopic (exact) mass is 390 g/mol. The molecule has 8 heteroatoms. The summed E-state index contributed by atoms with van der Waals surface area (Å²) in [6.45, 7) is 2.65. The zero-order chi connectivity index (χ0) is 19.4. The average molecular weight is 390 g/mol. The third kappa shape index (κ3) is 4.00. The predicted octanol–water partition coefficient (Wildman–Crippen LogP) is 2.78. The van der Waals surface area contributed by atoms with Crippen LogP contribution >= 0.6 is 0 Å². The number of para-hydroxylation sites is 2. The SMILES string of the molecule is CCOc1ccccc1NC(=O)N1CC(S(=O)(=O)c2ccc(OC)cc2)C1. The normalized spacial score (nSPS) is 14.4. The van der Waals surface area contributed by atoms with Gasteiger partial charge in [-0.3, -0.25) is 0 Å². The lowest BCUT2D eigenvalue weighted by atomic mass is 10.2. The van der Waals surface area contributed by atoms with E-state index in [1.165, 1.54) is 24.1 Å². The van der Waals surface area contributed by atoms with E-state index in [4.69, 9.17) is 9.47 Å². The van der Waals surface area contributed by atoms with Gasteiger partial charge in [0.1, 0.15) is 16.7 Å². The molecular weight excluding hydrogens is 368 g/mol. The smallest absolute Gasteiger partial charge is 0.322 e. The summed E-state index contributed by atoms with van der Waals surface area (Å²) < 4.78 is 35.9. The van der Waals surface area contributed by atoms with E-state index >= 15 is 0 Å². The Morgan fingerprint density at radius 3 is 2.44 bits per heavy atom. The minimum absolute atomic E-state index is 0.150. The van der Waals surface area contributed by atoms with Gasteiger partial charge in [-0.25, -0.2) is 13.2 Å². The van der Waals surface area contributed by atoms with Gasteiger partial charge < -0.3 is 19.7 Å². The molecule has 1 fully saturated rings. The Hall–Kier alpha value is -2.74. The number of carbonyl (C=O) groups excluding carboxylic acids is 1. The molecule has 0 bridgehead atoms. The van der Waals surface area contributed by atoms with Gasteiger partial charge in [0, 0.05) is 13.1 Å². The number of rotatable bonds is 6. The summed E-state index contributed by atoms with van der Waals surface area (Å²) in [6.07, 6.45) is 0. The second-order valence-electron chi connectivity index (χ2n) is 6.11. The standard InChI is InChI=1S/C19H22N2O5S/c1-3-26-18-7-5-4-6-17(18)20-19(22)21-12-16(13-21)27(23,24)15-10-8-14(25-2)9-11-15/h4-11,16H,3,12-13H2,1-2H3,(H,20,22). The Bertz CT molecular complexity index is 906. The molecule has 0 radical (unpaired) electrons. The van der Waals surface area contributed by atoms with Crippen LogP contribution in [0, 0.1) is 0 Å². The highest BCUT2D eigenvalue weighted by atomic mass is 32.2. The number of sulfone groups is 1. The first-order valence-electron chi connectivity index (χ1n) is 8.61. The third-order valence-corrected chi connectivity index (χ3v) is 6.50. The number of hydrogen-bond donors (Lipinski definition) is 1. The first kappa shape index (κ1) is 19.0. The highest BCUT2D eigenvalue weighted by Crippen LogP contribution is 2.28. The Balaban J connectivity index is 1.62. The Morgan fingerprint density at radius 2 is 1.81 bits per heavy atom. The van der Waals surface area contributed by atoms with Crippen LogP contribution in [0.5, 0.6) is 11.5 Å². The summed E-state index contributed by atoms with van der Waals surface area (Å²) in [6, 6.07) is 13.1. The van der Waals surface area contributed by atoms with Crippen molar-refractivity contribution in [2.24, 2.45) is 0 Å². The molecule has 27 heavy (non-hydrogen) atoms. The van der Waals surface area contributed by atoms with Gasteiger partial charge in [0.05, 0.1) is 24.3 Å². The number of methoxy groups -OCH3 is 1. The first-order valence-corrected chi connectivity index (χ1v) is 10.2. The summed E-state index contributed by atoms with van der Waals surface area (Å²) in [4.78, 5) is 14.1. The van der Waals surface area contributed by atoms with Crippen LogP contribution in [0.15, 0.2) is 53.4 Å². The van der Waals surface area contributed by atoms with Crippen molar-refractivity contribution in [3.63, 3.8) is 0 Å². The summed E-state index contributed by atoms with van der Waals surface area (Å²) in [5.74, 6) is 1.17. The molecule has 1 aliphatic rings. The van der Waals surface area contributed by atoms with Gasteiger partial charge in [0.25, 0.3) is 0 Å². The molecule has 0 atom stereocenters. The highest BCUT2D eigenvalue weighted by molar-refractivity contribution is 7.92. The number of amides is 2. The van der Waals surface area contributed by atoms with Crippen LogP contribution in [-0.4, -0.2) is 51.4 Å². The van der Waals surface area contributed by atoms with Crippen LogP contribution in [0.1, 0.15) is 6.92 Å². The average Bonchev–Trinajstić information content (AvgIpc) is 2.62. The number of benzene rings is 2. The van der Waals surface area contributed by atoms with Gasteiger partial charge in [0.15, 0.2) is 9.84 Å². The van der Waals surface area contributed by atoms with Crippen molar-refractivity contribution in [3.8, 4) is 11.5 Å². The van der Waals surface area contributed by atoms with E-state index in [0.29, 0.717) is 23.8 Å². The van der Waals surface area contributed by atoms with E-state index in [9.17, 15) is 13.2 Å². The molecule has 7 nitrogen and oxygen atoms in total. The molecule has 0 unspecified atom stereocenters. The van der Waals surface area contributed by atoms with E-state index in [2.05, 4.69) is 5.32 Å². The lowest BCUT2D eigenvalue weighted by Crippen LogP contribution is -2.58. The minimum Gasteiger partial charge on any atom is -0.497 e. The number of anilines is 1. The van der Waals surface area contributed by atoms with Crippen molar-refractivity contribution in [3.05, 3.63) is 48.5 Å². The summed E-state index contributed by atoms with van der Waals surface area (Å²) in [5.41, 5.74) is 0.561. The molecule has 0 saturated carbocycles. The molecule has 0 aromatic heterocycles. The van der Waals surface area contributed by atoms with Crippen molar-refractivity contribution in [2.45, 2.75) is 17.1 Å². The molecule has 1 heterocycles. The largest absolute Gasteiger partial charge is 0.497 e. The van der Waals surface area contributed by atoms with Gasteiger partial charge in [-0.05, 0) is 43.3 Å². The fourth-order valence-electron chi connectivity index (χ4n) is 2.80. The number of urea groups is 1. The number of nitrogens with zero attached hydrogens (tertiary/aromatic N) is 1. The number of likely N-dealkylation sites (tertiary alicyclic amines) is 1. The molecule has 144 valence electrons. The van der Waals surface area contributed by atoms with Crippen molar-refractivity contribution in [2.75, 3.05) is 32.1 Å². The summed E-state index contributed by atoms with van der Waals surface area (Å²) in [5, 5.41) is 2.16. The van der Waals surface area contributed by atoms with Crippen molar-refractivity contribution >= 4 is 21.6 Å². The van der Waals surface area contributed by atoms with Crippen LogP contribution < -0.4 is 14.8 Å². The first-order chi connectivity index (χ1) is 13.0. The summed E-state index contributed by atoms with van der Waals surface area (Å²) in [7, 11) is -1.96. The molecule has 2 aromatic rings. The Morgan fingerprint density at radius 1 is 1.15 bits per heavy atom. The van der Waals surface area contributed by atoms with Gasteiger partial charge in [-0.1, -0.05) is 12.1 Å². The van der Waals surface area contributed by atoms with Crippen LogP contribution in [0.25, 0.3) is 0 Å². The second kappa shape index (κ2) is 7.87. The van der Waals surface area contributed by atoms with Crippen molar-refractivity contribution in [1.29, 1.82) is 0 Å². The van der Waals surface area contributed by atoms with Crippen molar-refractivity contribution < 1.29 is 22.7 Å². The zero-order valence-corrected chi connectivity index (χ0v) is 16.0. The van der Waals surface area contributed by atoms with Crippen LogP contribution in [0.4, 0.5) is 10.5 Å². The lowest BCUT2D eigenvalue weighted by Gasteiger charge is -2.38. The molecule has 3 rings (SSSR count). The fraction of sp³-hybridized carbons (Fsp3) is 0.316. The molecule has 1 saturated heterocycles.